The third kappa shape index (κ3) is 4.16. The molecule has 0 saturated carbocycles. The van der Waals surface area contributed by atoms with Gasteiger partial charge in [-0.1, -0.05) is 41.4 Å². The van der Waals surface area contributed by atoms with Crippen molar-refractivity contribution in [1.29, 1.82) is 0 Å². The average molecular weight is 337 g/mol. The molecule has 1 N–H and O–H groups in total. The normalized spacial score (nSPS) is 14.6. The molecule has 0 aliphatic carbocycles. The second-order valence-corrected chi connectivity index (χ2v) is 7.07. The van der Waals surface area contributed by atoms with E-state index >= 15 is 0 Å². The number of nitrogens with one attached hydrogen (secondary N) is 1. The van der Waals surface area contributed by atoms with Crippen molar-refractivity contribution in [1.82, 2.24) is 4.72 Å². The van der Waals surface area contributed by atoms with E-state index < -0.39 is 19.9 Å². The molecule has 0 aromatic heterocycles. The van der Waals surface area contributed by atoms with E-state index in [1.807, 2.05) is 0 Å². The monoisotopic (exact) mass is 335 g/mol. The van der Waals surface area contributed by atoms with Gasteiger partial charge in [0.15, 0.2) is 4.46 Å². The summed E-state index contributed by atoms with van der Waals surface area (Å²) in [6.07, 6.45) is 0. The van der Waals surface area contributed by atoms with Crippen molar-refractivity contribution in [2.45, 2.75) is 14.7 Å². The molecule has 1 aromatic rings. The number of halogens is 4. The summed E-state index contributed by atoms with van der Waals surface area (Å²) in [5.41, 5.74) is 0. The highest BCUT2D eigenvalue weighted by Gasteiger charge is 2.37. The van der Waals surface area contributed by atoms with E-state index in [0.29, 0.717) is 0 Å². The van der Waals surface area contributed by atoms with Crippen LogP contribution in [0.5, 0.6) is 0 Å². The quantitative estimate of drug-likeness (QED) is 0.663. The fraction of sp³-hybridized carbons (Fsp3) is 0.333. The third-order valence-electron chi connectivity index (χ3n) is 1.85. The van der Waals surface area contributed by atoms with Gasteiger partial charge in [-0.05, 0) is 12.1 Å². The minimum Gasteiger partial charge on any atom is -0.207 e. The van der Waals surface area contributed by atoms with Crippen LogP contribution in [0.15, 0.2) is 35.2 Å². The van der Waals surface area contributed by atoms with Crippen LogP contribution in [0.1, 0.15) is 0 Å². The van der Waals surface area contributed by atoms with E-state index in [9.17, 15) is 8.42 Å². The van der Waals surface area contributed by atoms with Crippen LogP contribution in [0.4, 0.5) is 0 Å². The second-order valence-electron chi connectivity index (χ2n) is 3.16. The highest BCUT2D eigenvalue weighted by atomic mass is 35.5. The van der Waals surface area contributed by atoms with E-state index in [2.05, 4.69) is 4.72 Å². The number of sulfonamides is 1. The van der Waals surface area contributed by atoms with Gasteiger partial charge in [0.05, 0.1) is 10.3 Å². The lowest BCUT2D eigenvalue weighted by atomic mass is 10.4. The van der Waals surface area contributed by atoms with Gasteiger partial charge in [0, 0.05) is 5.88 Å². The zero-order valence-corrected chi connectivity index (χ0v) is 12.2. The number of hydrogen-bond acceptors (Lipinski definition) is 2. The van der Waals surface area contributed by atoms with Gasteiger partial charge in [-0.15, -0.1) is 23.2 Å². The molecule has 0 aliphatic rings. The van der Waals surface area contributed by atoms with Crippen molar-refractivity contribution in [3.63, 3.8) is 0 Å². The summed E-state index contributed by atoms with van der Waals surface area (Å²) >= 11 is 22.8. The maximum atomic E-state index is 11.9. The largest absolute Gasteiger partial charge is 0.243 e. The fourth-order valence-corrected chi connectivity index (χ4v) is 3.40. The first-order chi connectivity index (χ1) is 7.79. The fourth-order valence-electron chi connectivity index (χ4n) is 0.999. The second kappa shape index (κ2) is 5.95. The minimum absolute atomic E-state index is 0.0455. The van der Waals surface area contributed by atoms with E-state index in [1.54, 1.807) is 18.2 Å². The zero-order chi connectivity index (χ0) is 13.1. The van der Waals surface area contributed by atoms with Crippen molar-refractivity contribution < 1.29 is 8.42 Å². The Labute approximate surface area is 120 Å². The predicted octanol–water partition coefficient (Wildman–Crippen LogP) is 2.94. The van der Waals surface area contributed by atoms with Crippen LogP contribution in [0, 0.1) is 0 Å². The highest BCUT2D eigenvalue weighted by molar-refractivity contribution is 7.89. The Balaban J connectivity index is 2.95. The summed E-state index contributed by atoms with van der Waals surface area (Å²) in [6.45, 7) is 0. The van der Waals surface area contributed by atoms with Gasteiger partial charge in [0.25, 0.3) is 0 Å². The Morgan fingerprint density at radius 2 is 1.76 bits per heavy atom. The summed E-state index contributed by atoms with van der Waals surface area (Å²) in [7, 11) is -3.83. The Bertz CT molecular complexity index is 463. The standard InChI is InChI=1S/C9H9Cl4NO2S/c10-6-8(11)9(12,13)14-17(15,16)7-4-2-1-3-5-7/h1-5,8,14H,6H2. The summed E-state index contributed by atoms with van der Waals surface area (Å²) in [6, 6.07) is 7.68. The molecule has 0 spiro atoms. The molecule has 8 heteroatoms. The van der Waals surface area contributed by atoms with Gasteiger partial charge in [-0.25, -0.2) is 8.42 Å². The van der Waals surface area contributed by atoms with Crippen LogP contribution in [-0.2, 0) is 10.0 Å². The van der Waals surface area contributed by atoms with Crippen LogP contribution >= 0.6 is 46.4 Å². The van der Waals surface area contributed by atoms with Crippen molar-refractivity contribution in [2.24, 2.45) is 0 Å². The van der Waals surface area contributed by atoms with Crippen molar-refractivity contribution in [3.05, 3.63) is 30.3 Å². The molecule has 1 unspecified atom stereocenters. The molecule has 96 valence electrons. The van der Waals surface area contributed by atoms with E-state index in [1.165, 1.54) is 12.1 Å². The van der Waals surface area contributed by atoms with E-state index in [4.69, 9.17) is 46.4 Å². The lowest BCUT2D eigenvalue weighted by Gasteiger charge is -2.24. The smallest absolute Gasteiger partial charge is 0.207 e. The van der Waals surface area contributed by atoms with Gasteiger partial charge in [0.2, 0.25) is 10.0 Å². The predicted molar refractivity (Wildman–Crippen MR) is 71.6 cm³/mol. The van der Waals surface area contributed by atoms with Crippen LogP contribution in [-0.4, -0.2) is 24.1 Å². The maximum Gasteiger partial charge on any atom is 0.243 e. The van der Waals surface area contributed by atoms with Crippen LogP contribution in [0.3, 0.4) is 0 Å². The highest BCUT2D eigenvalue weighted by Crippen LogP contribution is 2.29. The summed E-state index contributed by atoms with van der Waals surface area (Å²) in [5, 5.41) is -0.953. The lowest BCUT2D eigenvalue weighted by Crippen LogP contribution is -2.46. The van der Waals surface area contributed by atoms with E-state index in [0.717, 1.165) is 0 Å². The first-order valence-corrected chi connectivity index (χ1v) is 7.67. The summed E-state index contributed by atoms with van der Waals surface area (Å²) < 4.78 is 24.0. The zero-order valence-electron chi connectivity index (χ0n) is 8.41. The number of alkyl halides is 4. The Kier molecular flexibility index (Phi) is 5.38. The average Bonchev–Trinajstić information content (AvgIpc) is 2.27. The number of hydrogen-bond donors (Lipinski definition) is 1. The van der Waals surface area contributed by atoms with Gasteiger partial charge in [0.1, 0.15) is 0 Å². The summed E-state index contributed by atoms with van der Waals surface area (Å²) in [4.78, 5) is 0.0455. The molecule has 0 fully saturated rings. The molecule has 1 atom stereocenters. The molecule has 1 aromatic carbocycles. The Morgan fingerprint density at radius 1 is 1.24 bits per heavy atom. The van der Waals surface area contributed by atoms with Gasteiger partial charge in [-0.2, -0.15) is 4.72 Å². The third-order valence-corrected chi connectivity index (χ3v) is 5.45. The number of benzene rings is 1. The number of rotatable bonds is 5. The molecular weight excluding hydrogens is 328 g/mol. The summed E-state index contributed by atoms with van der Waals surface area (Å²) in [5.74, 6) is -0.0914. The molecule has 17 heavy (non-hydrogen) atoms. The molecule has 0 amide bonds. The van der Waals surface area contributed by atoms with Gasteiger partial charge < -0.3 is 0 Å². The molecule has 0 heterocycles. The Morgan fingerprint density at radius 3 is 2.24 bits per heavy atom. The molecule has 0 radical (unpaired) electrons. The first kappa shape index (κ1) is 15.3. The molecule has 1 rings (SSSR count). The van der Waals surface area contributed by atoms with Crippen LogP contribution < -0.4 is 4.72 Å². The van der Waals surface area contributed by atoms with Crippen LogP contribution in [0.2, 0.25) is 0 Å². The minimum atomic E-state index is -3.83. The maximum absolute atomic E-state index is 11.9. The van der Waals surface area contributed by atoms with Gasteiger partial charge >= 0.3 is 0 Å². The Hall–Kier alpha value is 0.290. The topological polar surface area (TPSA) is 46.2 Å². The first-order valence-electron chi connectivity index (χ1n) is 4.46. The molecule has 0 bridgehead atoms. The van der Waals surface area contributed by atoms with Crippen molar-refractivity contribution >= 4 is 56.4 Å². The van der Waals surface area contributed by atoms with Crippen molar-refractivity contribution in [3.8, 4) is 0 Å². The lowest BCUT2D eigenvalue weighted by molar-refractivity contribution is 0.568. The van der Waals surface area contributed by atoms with Crippen LogP contribution in [0.25, 0.3) is 0 Å². The van der Waals surface area contributed by atoms with E-state index in [-0.39, 0.29) is 10.8 Å². The molecular formula is C9H9Cl4NO2S. The molecule has 0 aliphatic heterocycles. The molecule has 0 saturated heterocycles. The van der Waals surface area contributed by atoms with Gasteiger partial charge in [-0.3, -0.25) is 0 Å². The SMILES string of the molecule is O=S(=O)(NC(Cl)(Cl)C(Cl)CCl)c1ccccc1. The van der Waals surface area contributed by atoms with Crippen molar-refractivity contribution in [2.75, 3.05) is 5.88 Å². The molecule has 3 nitrogen and oxygen atoms in total.